The summed E-state index contributed by atoms with van der Waals surface area (Å²) in [6.07, 6.45) is -2.44. The molecule has 0 aliphatic carbocycles. The van der Waals surface area contributed by atoms with Gasteiger partial charge in [0.2, 0.25) is 0 Å². The Kier molecular flexibility index (Phi) is 5.87. The number of rotatable bonds is 5. The molecule has 5 nitrogen and oxygen atoms in total. The van der Waals surface area contributed by atoms with Crippen LogP contribution in [0.2, 0.25) is 0 Å². The Bertz CT molecular complexity index is 532. The lowest BCUT2D eigenvalue weighted by molar-refractivity contribution is -0.0321. The summed E-state index contributed by atoms with van der Waals surface area (Å²) >= 11 is 0. The van der Waals surface area contributed by atoms with Crippen LogP contribution < -0.4 is 0 Å². The lowest BCUT2D eigenvalue weighted by Crippen LogP contribution is -2.48. The standard InChI is InChI=1S/C16H19FN2O3/c17-14-11-19(10-13(20)6-8-18)9-7-15(14)22-16(21)12-4-2-1-3-5-12/h1-5,13-15,20H,6-7,9-11H2/t13-,14?,15?/m0/s1. The van der Waals surface area contributed by atoms with Crippen molar-refractivity contribution in [3.05, 3.63) is 35.9 Å². The quantitative estimate of drug-likeness (QED) is 0.835. The molecule has 0 bridgehead atoms. The number of aliphatic hydroxyl groups is 1. The summed E-state index contributed by atoms with van der Waals surface area (Å²) < 4.78 is 19.4. The van der Waals surface area contributed by atoms with E-state index in [2.05, 4.69) is 0 Å². The minimum absolute atomic E-state index is 0.0277. The van der Waals surface area contributed by atoms with Crippen molar-refractivity contribution in [3.8, 4) is 6.07 Å². The fraction of sp³-hybridized carbons (Fsp3) is 0.500. The SMILES string of the molecule is N#CC[C@H](O)CN1CCC(OC(=O)c2ccccc2)C(F)C1. The molecule has 1 saturated heterocycles. The molecule has 1 heterocycles. The molecule has 22 heavy (non-hydrogen) atoms. The van der Waals surface area contributed by atoms with Crippen molar-refractivity contribution in [1.82, 2.24) is 4.90 Å². The molecule has 118 valence electrons. The molecule has 0 radical (unpaired) electrons. The van der Waals surface area contributed by atoms with Crippen LogP contribution in [0.25, 0.3) is 0 Å². The van der Waals surface area contributed by atoms with Crippen molar-refractivity contribution in [2.45, 2.75) is 31.2 Å². The van der Waals surface area contributed by atoms with Gasteiger partial charge in [0.25, 0.3) is 0 Å². The van der Waals surface area contributed by atoms with Crippen LogP contribution in [-0.4, -0.2) is 54.0 Å². The Morgan fingerprint density at radius 1 is 1.50 bits per heavy atom. The van der Waals surface area contributed by atoms with Crippen molar-refractivity contribution in [3.63, 3.8) is 0 Å². The Morgan fingerprint density at radius 3 is 2.86 bits per heavy atom. The van der Waals surface area contributed by atoms with Gasteiger partial charge in [0.1, 0.15) is 12.3 Å². The van der Waals surface area contributed by atoms with E-state index in [9.17, 15) is 14.3 Å². The summed E-state index contributed by atoms with van der Waals surface area (Å²) in [5.41, 5.74) is 0.404. The maximum absolute atomic E-state index is 14.1. The van der Waals surface area contributed by atoms with Crippen LogP contribution in [0.1, 0.15) is 23.2 Å². The number of nitriles is 1. The third-order valence-corrected chi connectivity index (χ3v) is 3.63. The number of hydrogen-bond acceptors (Lipinski definition) is 5. The zero-order valence-corrected chi connectivity index (χ0v) is 12.2. The molecule has 0 aromatic heterocycles. The monoisotopic (exact) mass is 306 g/mol. The van der Waals surface area contributed by atoms with Gasteiger partial charge in [-0.15, -0.1) is 0 Å². The molecule has 3 atom stereocenters. The van der Waals surface area contributed by atoms with E-state index in [1.54, 1.807) is 35.2 Å². The largest absolute Gasteiger partial charge is 0.456 e. The van der Waals surface area contributed by atoms with Crippen molar-refractivity contribution >= 4 is 5.97 Å². The number of piperidine rings is 1. The first-order valence-electron chi connectivity index (χ1n) is 7.27. The molecular weight excluding hydrogens is 287 g/mol. The molecule has 1 aromatic rings. The Morgan fingerprint density at radius 2 is 2.23 bits per heavy atom. The average Bonchev–Trinajstić information content (AvgIpc) is 2.51. The van der Waals surface area contributed by atoms with E-state index in [0.717, 1.165) is 0 Å². The van der Waals surface area contributed by atoms with Crippen LogP contribution in [0.15, 0.2) is 30.3 Å². The third-order valence-electron chi connectivity index (χ3n) is 3.63. The fourth-order valence-electron chi connectivity index (χ4n) is 2.49. The van der Waals surface area contributed by atoms with E-state index in [4.69, 9.17) is 10.00 Å². The average molecular weight is 306 g/mol. The maximum atomic E-state index is 14.1. The van der Waals surface area contributed by atoms with Gasteiger partial charge in [-0.2, -0.15) is 5.26 Å². The first-order valence-corrected chi connectivity index (χ1v) is 7.27. The van der Waals surface area contributed by atoms with Gasteiger partial charge in [0.05, 0.1) is 24.2 Å². The molecule has 1 aliphatic rings. The second-order valence-corrected chi connectivity index (χ2v) is 5.39. The number of ether oxygens (including phenoxy) is 1. The number of alkyl halides is 1. The predicted molar refractivity (Wildman–Crippen MR) is 77.8 cm³/mol. The van der Waals surface area contributed by atoms with Gasteiger partial charge in [-0.05, 0) is 12.1 Å². The summed E-state index contributed by atoms with van der Waals surface area (Å²) in [5.74, 6) is -0.522. The smallest absolute Gasteiger partial charge is 0.338 e. The summed E-state index contributed by atoms with van der Waals surface area (Å²) in [7, 11) is 0. The highest BCUT2D eigenvalue weighted by Gasteiger charge is 2.32. The zero-order valence-electron chi connectivity index (χ0n) is 12.2. The molecule has 1 aromatic carbocycles. The number of halogens is 1. The molecule has 0 amide bonds. The number of hydrogen-bond donors (Lipinski definition) is 1. The summed E-state index contributed by atoms with van der Waals surface area (Å²) in [6.45, 7) is 0.873. The number of carbonyl (C=O) groups is 1. The van der Waals surface area contributed by atoms with Crippen LogP contribution in [0.5, 0.6) is 0 Å². The number of likely N-dealkylation sites (tertiary alicyclic amines) is 1. The van der Waals surface area contributed by atoms with Gasteiger partial charge < -0.3 is 9.84 Å². The van der Waals surface area contributed by atoms with E-state index in [-0.39, 0.29) is 19.5 Å². The second kappa shape index (κ2) is 7.87. The number of carbonyl (C=O) groups excluding carboxylic acids is 1. The molecule has 6 heteroatoms. The molecule has 1 N–H and O–H groups in total. The van der Waals surface area contributed by atoms with Crippen molar-refractivity contribution in [2.24, 2.45) is 0 Å². The molecule has 2 rings (SSSR count). The Hall–Kier alpha value is -1.97. The number of nitrogens with zero attached hydrogens (tertiary/aromatic N) is 2. The minimum atomic E-state index is -1.30. The van der Waals surface area contributed by atoms with Gasteiger partial charge in [-0.25, -0.2) is 9.18 Å². The molecule has 0 saturated carbocycles. The van der Waals surface area contributed by atoms with Crippen LogP contribution in [-0.2, 0) is 4.74 Å². The summed E-state index contributed by atoms with van der Waals surface area (Å²) in [5, 5.41) is 18.1. The molecular formula is C16H19FN2O3. The van der Waals surface area contributed by atoms with Crippen LogP contribution in [0.3, 0.4) is 0 Å². The topological polar surface area (TPSA) is 73.6 Å². The minimum Gasteiger partial charge on any atom is -0.456 e. The number of benzene rings is 1. The van der Waals surface area contributed by atoms with Crippen molar-refractivity contribution < 1.29 is 19.0 Å². The molecule has 1 fully saturated rings. The summed E-state index contributed by atoms with van der Waals surface area (Å²) in [6, 6.07) is 10.4. The zero-order chi connectivity index (χ0) is 15.9. The lowest BCUT2D eigenvalue weighted by atomic mass is 10.0. The van der Waals surface area contributed by atoms with E-state index >= 15 is 0 Å². The third kappa shape index (κ3) is 4.52. The fourth-order valence-corrected chi connectivity index (χ4v) is 2.49. The van der Waals surface area contributed by atoms with Gasteiger partial charge >= 0.3 is 5.97 Å². The van der Waals surface area contributed by atoms with E-state index in [0.29, 0.717) is 18.5 Å². The molecule has 0 spiro atoms. The van der Waals surface area contributed by atoms with Gasteiger partial charge in [0.15, 0.2) is 0 Å². The van der Waals surface area contributed by atoms with Crippen LogP contribution in [0.4, 0.5) is 4.39 Å². The van der Waals surface area contributed by atoms with E-state index in [1.165, 1.54) is 0 Å². The Balaban J connectivity index is 1.83. The first kappa shape index (κ1) is 16.4. The van der Waals surface area contributed by atoms with Gasteiger partial charge in [-0.3, -0.25) is 4.90 Å². The number of β-amino-alcohol motifs (C(OH)–C–C–N with tert-alkyl or cyclic N) is 1. The molecule has 1 aliphatic heterocycles. The van der Waals surface area contributed by atoms with E-state index < -0.39 is 24.3 Å². The number of esters is 1. The van der Waals surface area contributed by atoms with Gasteiger partial charge in [0, 0.05) is 26.1 Å². The summed E-state index contributed by atoms with van der Waals surface area (Å²) in [4.78, 5) is 13.7. The lowest BCUT2D eigenvalue weighted by Gasteiger charge is -2.34. The van der Waals surface area contributed by atoms with Crippen LogP contribution in [0, 0.1) is 11.3 Å². The number of aliphatic hydroxyl groups excluding tert-OH is 1. The van der Waals surface area contributed by atoms with E-state index in [1.807, 2.05) is 6.07 Å². The predicted octanol–water partition coefficient (Wildman–Crippen LogP) is 1.53. The molecule has 2 unspecified atom stereocenters. The highest BCUT2D eigenvalue weighted by Crippen LogP contribution is 2.19. The second-order valence-electron chi connectivity index (χ2n) is 5.39. The van der Waals surface area contributed by atoms with Crippen molar-refractivity contribution in [1.29, 1.82) is 5.26 Å². The highest BCUT2D eigenvalue weighted by atomic mass is 19.1. The van der Waals surface area contributed by atoms with Crippen LogP contribution >= 0.6 is 0 Å². The first-order chi connectivity index (χ1) is 10.6. The highest BCUT2D eigenvalue weighted by molar-refractivity contribution is 5.89. The normalized spacial score (nSPS) is 23.5. The van der Waals surface area contributed by atoms with Gasteiger partial charge in [-0.1, -0.05) is 18.2 Å². The van der Waals surface area contributed by atoms with Crippen molar-refractivity contribution in [2.75, 3.05) is 19.6 Å². The Labute approximate surface area is 128 Å². The maximum Gasteiger partial charge on any atom is 0.338 e.